The van der Waals surface area contributed by atoms with Gasteiger partial charge in [0.2, 0.25) is 0 Å². The van der Waals surface area contributed by atoms with Gasteiger partial charge in [-0.1, -0.05) is 36.4 Å². The van der Waals surface area contributed by atoms with Gasteiger partial charge in [0.05, 0.1) is 5.69 Å². The quantitative estimate of drug-likeness (QED) is 0.553. The average Bonchev–Trinajstić information content (AvgIpc) is 2.91. The molecular formula is C20H19N3O2. The molecule has 2 aromatic carbocycles. The number of nitrogens with one attached hydrogen (secondary N) is 2. The Bertz CT molecular complexity index is 967. The van der Waals surface area contributed by atoms with E-state index in [9.17, 15) is 9.59 Å². The van der Waals surface area contributed by atoms with E-state index in [0.29, 0.717) is 17.1 Å². The first kappa shape index (κ1) is 16.5. The highest BCUT2D eigenvalue weighted by Gasteiger charge is 2.18. The minimum atomic E-state index is -0.350. The van der Waals surface area contributed by atoms with Crippen LogP contribution in [0.15, 0.2) is 77.2 Å². The van der Waals surface area contributed by atoms with E-state index in [1.54, 1.807) is 13.8 Å². The summed E-state index contributed by atoms with van der Waals surface area (Å²) in [6, 6.07) is 18.7. The summed E-state index contributed by atoms with van der Waals surface area (Å²) < 4.78 is 1.39. The van der Waals surface area contributed by atoms with E-state index in [1.165, 1.54) is 10.8 Å². The summed E-state index contributed by atoms with van der Waals surface area (Å²) in [6.45, 7) is 3.52. The van der Waals surface area contributed by atoms with Crippen molar-refractivity contribution in [1.29, 1.82) is 0 Å². The highest BCUT2D eigenvalue weighted by Crippen LogP contribution is 2.11. The molecule has 3 rings (SSSR count). The molecule has 0 bridgehead atoms. The molecule has 2 N–H and O–H groups in total. The lowest BCUT2D eigenvalue weighted by Crippen LogP contribution is -2.20. The van der Waals surface area contributed by atoms with E-state index in [2.05, 4.69) is 10.4 Å². The summed E-state index contributed by atoms with van der Waals surface area (Å²) in [5.41, 5.74) is 2.59. The van der Waals surface area contributed by atoms with Gasteiger partial charge in [-0.25, -0.2) is 4.68 Å². The molecule has 0 aliphatic rings. The number of ketones is 1. The Morgan fingerprint density at radius 1 is 1.04 bits per heavy atom. The van der Waals surface area contributed by atoms with Crippen LogP contribution in [0.1, 0.15) is 23.0 Å². The monoisotopic (exact) mass is 333 g/mol. The van der Waals surface area contributed by atoms with Crippen molar-refractivity contribution in [2.24, 2.45) is 0 Å². The number of allylic oxidation sites excluding steroid dienone is 2. The molecule has 0 amide bonds. The number of carbonyl (C=O) groups excluding carboxylic acids is 1. The Morgan fingerprint density at radius 3 is 2.28 bits per heavy atom. The SMILES string of the molecule is C/C(=C/C(=O)c1c(C)[nH]n(-c2ccccc2)c1=O)Nc1ccccc1. The number of para-hydroxylation sites is 2. The van der Waals surface area contributed by atoms with Gasteiger partial charge < -0.3 is 5.32 Å². The first-order valence-electron chi connectivity index (χ1n) is 7.98. The molecule has 5 nitrogen and oxygen atoms in total. The van der Waals surface area contributed by atoms with Crippen molar-refractivity contribution in [3.8, 4) is 5.69 Å². The molecule has 0 fully saturated rings. The summed E-state index contributed by atoms with van der Waals surface area (Å²) in [7, 11) is 0. The number of carbonyl (C=O) groups is 1. The number of rotatable bonds is 5. The summed E-state index contributed by atoms with van der Waals surface area (Å²) in [4.78, 5) is 25.2. The van der Waals surface area contributed by atoms with E-state index in [-0.39, 0.29) is 16.9 Å². The van der Waals surface area contributed by atoms with Gasteiger partial charge in [0, 0.05) is 23.2 Å². The molecule has 0 saturated carbocycles. The second-order valence-electron chi connectivity index (χ2n) is 5.77. The average molecular weight is 333 g/mol. The van der Waals surface area contributed by atoms with Crippen molar-refractivity contribution in [1.82, 2.24) is 9.78 Å². The van der Waals surface area contributed by atoms with Crippen molar-refractivity contribution in [2.45, 2.75) is 13.8 Å². The van der Waals surface area contributed by atoms with Gasteiger partial charge >= 0.3 is 0 Å². The molecule has 0 saturated heterocycles. The van der Waals surface area contributed by atoms with Crippen molar-refractivity contribution < 1.29 is 4.79 Å². The second-order valence-corrected chi connectivity index (χ2v) is 5.77. The molecule has 25 heavy (non-hydrogen) atoms. The normalized spacial score (nSPS) is 11.4. The fourth-order valence-electron chi connectivity index (χ4n) is 2.65. The van der Waals surface area contributed by atoms with Crippen LogP contribution in [0.4, 0.5) is 5.69 Å². The van der Waals surface area contributed by atoms with Gasteiger partial charge in [0.1, 0.15) is 5.56 Å². The minimum Gasteiger partial charge on any atom is -0.359 e. The predicted molar refractivity (Wildman–Crippen MR) is 99.3 cm³/mol. The molecule has 1 aromatic heterocycles. The third kappa shape index (κ3) is 3.61. The van der Waals surface area contributed by atoms with Crippen molar-refractivity contribution in [2.75, 3.05) is 5.32 Å². The lowest BCUT2D eigenvalue weighted by Gasteiger charge is -2.05. The van der Waals surface area contributed by atoms with Crippen molar-refractivity contribution in [3.63, 3.8) is 0 Å². The molecule has 0 unspecified atom stereocenters. The van der Waals surface area contributed by atoms with Gasteiger partial charge in [-0.2, -0.15) is 0 Å². The highest BCUT2D eigenvalue weighted by molar-refractivity contribution is 6.05. The van der Waals surface area contributed by atoms with Gasteiger partial charge in [-0.15, -0.1) is 0 Å². The standard InChI is InChI=1S/C20H19N3O2/c1-14(21-16-9-5-3-6-10-16)13-18(24)19-15(2)22-23(20(19)25)17-11-7-4-8-12-17/h3-13,21-22H,1-2H3/b14-13-. The van der Waals surface area contributed by atoms with Crippen molar-refractivity contribution >= 4 is 11.5 Å². The number of hydrogen-bond acceptors (Lipinski definition) is 3. The lowest BCUT2D eigenvalue weighted by molar-refractivity contribution is 0.104. The Hall–Kier alpha value is -3.34. The zero-order valence-corrected chi connectivity index (χ0v) is 14.1. The third-order valence-corrected chi connectivity index (χ3v) is 3.80. The van der Waals surface area contributed by atoms with Crippen LogP contribution in [-0.2, 0) is 0 Å². The van der Waals surface area contributed by atoms with E-state index in [1.807, 2.05) is 60.7 Å². The van der Waals surface area contributed by atoms with Gasteiger partial charge in [-0.05, 0) is 38.1 Å². The molecule has 1 heterocycles. The topological polar surface area (TPSA) is 66.9 Å². The van der Waals surface area contributed by atoms with Gasteiger partial charge in [0.25, 0.3) is 5.56 Å². The maximum atomic E-state index is 12.6. The maximum Gasteiger partial charge on any atom is 0.282 e. The number of aromatic nitrogens is 2. The number of nitrogens with zero attached hydrogens (tertiary/aromatic N) is 1. The van der Waals surface area contributed by atoms with Crippen LogP contribution in [0.2, 0.25) is 0 Å². The molecule has 0 aliphatic carbocycles. The summed E-state index contributed by atoms with van der Waals surface area (Å²) in [5, 5.41) is 6.11. The van der Waals surface area contributed by atoms with E-state index < -0.39 is 0 Å². The Morgan fingerprint density at radius 2 is 1.64 bits per heavy atom. The Kier molecular flexibility index (Phi) is 4.66. The van der Waals surface area contributed by atoms with Gasteiger partial charge in [0.15, 0.2) is 5.78 Å². The van der Waals surface area contributed by atoms with E-state index in [0.717, 1.165) is 5.69 Å². The van der Waals surface area contributed by atoms with Crippen LogP contribution in [-0.4, -0.2) is 15.6 Å². The molecule has 0 atom stereocenters. The van der Waals surface area contributed by atoms with Gasteiger partial charge in [-0.3, -0.25) is 14.7 Å². The van der Waals surface area contributed by atoms with Crippen LogP contribution >= 0.6 is 0 Å². The number of hydrogen-bond donors (Lipinski definition) is 2. The van der Waals surface area contributed by atoms with E-state index in [4.69, 9.17) is 0 Å². The first-order valence-corrected chi connectivity index (χ1v) is 7.98. The Labute approximate surface area is 145 Å². The predicted octanol–water partition coefficient (Wildman–Crippen LogP) is 3.67. The first-order chi connectivity index (χ1) is 12.1. The Balaban J connectivity index is 1.89. The lowest BCUT2D eigenvalue weighted by atomic mass is 10.1. The maximum absolute atomic E-state index is 12.6. The molecule has 0 spiro atoms. The molecule has 126 valence electrons. The van der Waals surface area contributed by atoms with E-state index >= 15 is 0 Å². The fraction of sp³-hybridized carbons (Fsp3) is 0.100. The minimum absolute atomic E-state index is 0.151. The second kappa shape index (κ2) is 7.05. The zero-order valence-electron chi connectivity index (χ0n) is 14.1. The van der Waals surface area contributed by atoms with Crippen molar-refractivity contribution in [3.05, 3.63) is 94.0 Å². The van der Waals surface area contributed by atoms with Crippen LogP contribution in [0.25, 0.3) is 5.69 Å². The summed E-state index contributed by atoms with van der Waals surface area (Å²) in [5.74, 6) is -0.325. The molecule has 0 radical (unpaired) electrons. The van der Waals surface area contributed by atoms with Crippen LogP contribution < -0.4 is 10.9 Å². The zero-order chi connectivity index (χ0) is 17.8. The fourth-order valence-corrected chi connectivity index (χ4v) is 2.65. The van der Waals surface area contributed by atoms with Crippen LogP contribution in [0, 0.1) is 6.92 Å². The molecule has 5 heteroatoms. The number of anilines is 1. The number of benzene rings is 2. The smallest absolute Gasteiger partial charge is 0.282 e. The molecule has 0 aliphatic heterocycles. The molecular weight excluding hydrogens is 314 g/mol. The summed E-state index contributed by atoms with van der Waals surface area (Å²) in [6.07, 6.45) is 1.44. The number of aryl methyl sites for hydroxylation is 1. The number of aromatic amines is 1. The van der Waals surface area contributed by atoms with Crippen LogP contribution in [0.3, 0.4) is 0 Å². The van der Waals surface area contributed by atoms with Crippen LogP contribution in [0.5, 0.6) is 0 Å². The highest BCUT2D eigenvalue weighted by atomic mass is 16.2. The largest absolute Gasteiger partial charge is 0.359 e. The summed E-state index contributed by atoms with van der Waals surface area (Å²) >= 11 is 0. The number of H-pyrrole nitrogens is 1. The third-order valence-electron chi connectivity index (χ3n) is 3.80. The molecule has 3 aromatic rings.